The zero-order valence-corrected chi connectivity index (χ0v) is 15.5. The molecule has 1 heterocycles. The number of hydrogen-bond donors (Lipinski definition) is 1. The van der Waals surface area contributed by atoms with E-state index in [2.05, 4.69) is 19.2 Å². The predicted octanol–water partition coefficient (Wildman–Crippen LogP) is 3.14. The number of carbonyl (C=O) groups is 3. The molecule has 0 radical (unpaired) electrons. The van der Waals surface area contributed by atoms with E-state index in [1.54, 1.807) is 25.1 Å². The summed E-state index contributed by atoms with van der Waals surface area (Å²) in [5.41, 5.74) is 0.268. The average Bonchev–Trinajstić information content (AvgIpc) is 2.76. The second-order valence-electron chi connectivity index (χ2n) is 7.17. The fourth-order valence-electron chi connectivity index (χ4n) is 2.93. The molecular formula is C19H26N2O4. The van der Waals surface area contributed by atoms with E-state index >= 15 is 0 Å². The fourth-order valence-corrected chi connectivity index (χ4v) is 2.93. The third kappa shape index (κ3) is 4.00. The lowest BCUT2D eigenvalue weighted by Gasteiger charge is -2.23. The van der Waals surface area contributed by atoms with E-state index in [9.17, 15) is 14.4 Å². The maximum atomic E-state index is 12.8. The Hall–Kier alpha value is -2.37. The molecule has 1 aliphatic heterocycles. The molecule has 0 aromatic heterocycles. The summed E-state index contributed by atoms with van der Waals surface area (Å²) in [4.78, 5) is 38.0. The summed E-state index contributed by atoms with van der Waals surface area (Å²) in [7, 11) is 1.52. The van der Waals surface area contributed by atoms with Gasteiger partial charge < -0.3 is 10.1 Å². The van der Waals surface area contributed by atoms with Crippen molar-refractivity contribution in [1.82, 2.24) is 10.2 Å². The topological polar surface area (TPSA) is 75.7 Å². The van der Waals surface area contributed by atoms with Crippen molar-refractivity contribution in [3.8, 4) is 5.75 Å². The maximum absolute atomic E-state index is 12.8. The first kappa shape index (κ1) is 19.0. The lowest BCUT2D eigenvalue weighted by atomic mass is 9.92. The Morgan fingerprint density at radius 3 is 2.56 bits per heavy atom. The zero-order valence-electron chi connectivity index (χ0n) is 15.5. The quantitative estimate of drug-likeness (QED) is 0.608. The first-order valence-electron chi connectivity index (χ1n) is 8.50. The first-order valence-corrected chi connectivity index (χ1v) is 8.50. The molecule has 136 valence electrons. The minimum absolute atomic E-state index is 0.0756. The third-order valence-electron chi connectivity index (χ3n) is 4.58. The van der Waals surface area contributed by atoms with E-state index < -0.39 is 11.6 Å². The lowest BCUT2D eigenvalue weighted by Crippen LogP contribution is -2.44. The van der Waals surface area contributed by atoms with Gasteiger partial charge in [-0.1, -0.05) is 13.8 Å². The number of benzene rings is 1. The smallest absolute Gasteiger partial charge is 0.325 e. The minimum Gasteiger partial charge on any atom is -0.496 e. The van der Waals surface area contributed by atoms with Crippen LogP contribution in [0.3, 0.4) is 0 Å². The van der Waals surface area contributed by atoms with Crippen LogP contribution in [0.1, 0.15) is 56.5 Å². The van der Waals surface area contributed by atoms with Gasteiger partial charge in [0.1, 0.15) is 11.3 Å². The molecule has 3 amide bonds. The van der Waals surface area contributed by atoms with E-state index in [1.165, 1.54) is 18.9 Å². The number of nitrogens with zero attached hydrogens (tertiary/aromatic N) is 1. The Morgan fingerprint density at radius 1 is 1.32 bits per heavy atom. The van der Waals surface area contributed by atoms with Gasteiger partial charge in [-0.25, -0.2) is 4.79 Å². The van der Waals surface area contributed by atoms with Crippen LogP contribution in [0.25, 0.3) is 0 Å². The molecule has 0 unspecified atom stereocenters. The summed E-state index contributed by atoms with van der Waals surface area (Å²) < 4.78 is 5.31. The number of rotatable bonds is 7. The van der Waals surface area contributed by atoms with Crippen LogP contribution in [0.15, 0.2) is 18.2 Å². The Kier molecular flexibility index (Phi) is 5.50. The van der Waals surface area contributed by atoms with Gasteiger partial charge in [-0.3, -0.25) is 14.5 Å². The highest BCUT2D eigenvalue weighted by molar-refractivity contribution is 6.06. The number of amides is 3. The number of ether oxygens (including phenoxy) is 1. The highest BCUT2D eigenvalue weighted by atomic mass is 16.5. The van der Waals surface area contributed by atoms with Crippen molar-refractivity contribution in [1.29, 1.82) is 0 Å². The van der Waals surface area contributed by atoms with Gasteiger partial charge in [0.05, 0.1) is 13.7 Å². The van der Waals surface area contributed by atoms with Crippen molar-refractivity contribution in [3.63, 3.8) is 0 Å². The second-order valence-corrected chi connectivity index (χ2v) is 7.17. The molecule has 0 aliphatic carbocycles. The minimum atomic E-state index is -0.882. The van der Waals surface area contributed by atoms with Crippen molar-refractivity contribution < 1.29 is 19.1 Å². The van der Waals surface area contributed by atoms with Gasteiger partial charge in [-0.15, -0.1) is 0 Å². The van der Waals surface area contributed by atoms with Gasteiger partial charge in [0.25, 0.3) is 5.91 Å². The second kappa shape index (κ2) is 7.25. The molecule has 2 rings (SSSR count). The van der Waals surface area contributed by atoms with Gasteiger partial charge in [-0.05, 0) is 50.8 Å². The van der Waals surface area contributed by atoms with Crippen LogP contribution in [0.5, 0.6) is 5.75 Å². The normalized spacial score (nSPS) is 20.2. The summed E-state index contributed by atoms with van der Waals surface area (Å²) in [6.45, 7) is 7.48. The Balaban J connectivity index is 2.25. The van der Waals surface area contributed by atoms with E-state index in [-0.39, 0.29) is 18.2 Å². The van der Waals surface area contributed by atoms with Crippen molar-refractivity contribution in [2.24, 2.45) is 5.92 Å². The number of carbonyl (C=O) groups excluding carboxylic acids is 3. The molecule has 1 N–H and O–H groups in total. The molecule has 1 aromatic rings. The van der Waals surface area contributed by atoms with Gasteiger partial charge in [0.2, 0.25) is 0 Å². The molecule has 0 saturated carbocycles. The molecule has 25 heavy (non-hydrogen) atoms. The largest absolute Gasteiger partial charge is 0.496 e. The maximum Gasteiger partial charge on any atom is 0.325 e. The van der Waals surface area contributed by atoms with Crippen molar-refractivity contribution in [3.05, 3.63) is 29.3 Å². The van der Waals surface area contributed by atoms with Crippen LogP contribution in [0, 0.1) is 5.92 Å². The van der Waals surface area contributed by atoms with Crippen LogP contribution in [-0.4, -0.2) is 35.3 Å². The number of hydrogen-bond acceptors (Lipinski definition) is 4. The number of methoxy groups -OCH3 is 1. The zero-order chi connectivity index (χ0) is 18.8. The van der Waals surface area contributed by atoms with Gasteiger partial charge in [0, 0.05) is 11.1 Å². The van der Waals surface area contributed by atoms with Crippen molar-refractivity contribution >= 4 is 17.7 Å². The molecule has 1 aromatic carbocycles. The Bertz CT molecular complexity index is 699. The van der Waals surface area contributed by atoms with Crippen LogP contribution < -0.4 is 10.1 Å². The SMILES string of the molecule is COc1ccc(C(C)=O)cc1CN1C(=O)N[C@](C)(CCC(C)C)C1=O. The van der Waals surface area contributed by atoms with E-state index in [4.69, 9.17) is 4.74 Å². The molecule has 0 bridgehead atoms. The molecule has 6 heteroatoms. The first-order chi connectivity index (χ1) is 11.7. The van der Waals surface area contributed by atoms with Crippen LogP contribution in [0.2, 0.25) is 0 Å². The Morgan fingerprint density at radius 2 is 2.00 bits per heavy atom. The van der Waals surface area contributed by atoms with Crippen LogP contribution >= 0.6 is 0 Å². The Labute approximate surface area is 148 Å². The molecule has 1 fully saturated rings. The molecule has 1 atom stereocenters. The van der Waals surface area contributed by atoms with E-state index in [0.717, 1.165) is 6.42 Å². The van der Waals surface area contributed by atoms with Crippen LogP contribution in [0.4, 0.5) is 4.79 Å². The predicted molar refractivity (Wildman–Crippen MR) is 94.6 cm³/mol. The van der Waals surface area contributed by atoms with Crippen molar-refractivity contribution in [2.45, 2.75) is 52.6 Å². The van der Waals surface area contributed by atoms with E-state index in [1.807, 2.05) is 0 Å². The van der Waals surface area contributed by atoms with Crippen molar-refractivity contribution in [2.75, 3.05) is 7.11 Å². The summed E-state index contributed by atoms with van der Waals surface area (Å²) >= 11 is 0. The summed E-state index contributed by atoms with van der Waals surface area (Å²) in [6, 6.07) is 4.61. The number of imide groups is 1. The average molecular weight is 346 g/mol. The van der Waals surface area contributed by atoms with Crippen LogP contribution in [-0.2, 0) is 11.3 Å². The molecule has 1 aliphatic rings. The standard InChI is InChI=1S/C19H26N2O4/c1-12(2)8-9-19(4)17(23)21(18(24)20-19)11-15-10-14(13(3)22)6-7-16(15)25-5/h6-7,10,12H,8-9,11H2,1-5H3,(H,20,24)/t19-/m1/s1. The number of nitrogens with one attached hydrogen (secondary N) is 1. The molecule has 0 spiro atoms. The fraction of sp³-hybridized carbons (Fsp3) is 0.526. The lowest BCUT2D eigenvalue weighted by molar-refractivity contribution is -0.131. The molecule has 1 saturated heterocycles. The summed E-state index contributed by atoms with van der Waals surface area (Å²) in [6.07, 6.45) is 1.44. The molecular weight excluding hydrogens is 320 g/mol. The highest BCUT2D eigenvalue weighted by Crippen LogP contribution is 2.28. The highest BCUT2D eigenvalue weighted by Gasteiger charge is 2.47. The number of Topliss-reactive ketones (excluding diaryl/α,β-unsaturated/α-hetero) is 1. The third-order valence-corrected chi connectivity index (χ3v) is 4.58. The summed E-state index contributed by atoms with van der Waals surface area (Å²) in [5.74, 6) is 0.667. The van der Waals surface area contributed by atoms with Gasteiger partial charge >= 0.3 is 6.03 Å². The molecule has 6 nitrogen and oxygen atoms in total. The van der Waals surface area contributed by atoms with Gasteiger partial charge in [0.15, 0.2) is 5.78 Å². The summed E-state index contributed by atoms with van der Waals surface area (Å²) in [5, 5.41) is 2.81. The number of ketones is 1. The monoisotopic (exact) mass is 346 g/mol. The number of urea groups is 1. The van der Waals surface area contributed by atoms with E-state index in [0.29, 0.717) is 29.2 Å². The van der Waals surface area contributed by atoms with Gasteiger partial charge in [-0.2, -0.15) is 0 Å².